The first-order valence-electron chi connectivity index (χ1n) is 10.9. The molecule has 1 saturated heterocycles. The SMILES string of the molecule is Cc1c(C(=O)N2CCN(C(=O)C3CC3c3ccccc3)CC2)cnn1-c1ccccc1. The highest BCUT2D eigenvalue weighted by atomic mass is 16.2. The van der Waals surface area contributed by atoms with Crippen molar-refractivity contribution in [2.24, 2.45) is 5.92 Å². The normalized spacial score (nSPS) is 20.5. The van der Waals surface area contributed by atoms with Gasteiger partial charge in [-0.1, -0.05) is 48.5 Å². The first-order valence-corrected chi connectivity index (χ1v) is 10.9. The molecule has 1 aliphatic carbocycles. The number of hydrogen-bond acceptors (Lipinski definition) is 3. The molecule has 0 N–H and O–H groups in total. The van der Waals surface area contributed by atoms with Crippen LogP contribution in [0.25, 0.3) is 5.69 Å². The van der Waals surface area contributed by atoms with Crippen LogP contribution in [0.5, 0.6) is 0 Å². The number of rotatable bonds is 4. The molecule has 2 fully saturated rings. The van der Waals surface area contributed by atoms with Crippen molar-refractivity contribution in [1.82, 2.24) is 19.6 Å². The number of hydrogen-bond donors (Lipinski definition) is 0. The highest BCUT2D eigenvalue weighted by Crippen LogP contribution is 2.48. The molecular weight excluding hydrogens is 388 g/mol. The predicted octanol–water partition coefficient (Wildman–Crippen LogP) is 3.27. The topological polar surface area (TPSA) is 58.4 Å². The van der Waals surface area contributed by atoms with Crippen LogP contribution in [0.4, 0.5) is 0 Å². The Morgan fingerprint density at radius 1 is 0.871 bits per heavy atom. The minimum absolute atomic E-state index is 0.0136. The molecule has 2 atom stereocenters. The highest BCUT2D eigenvalue weighted by molar-refractivity contribution is 5.95. The standard InChI is InChI=1S/C25H26N4O2/c1-18-23(17-26-29(18)20-10-6-3-7-11-20)25(31)28-14-12-27(13-15-28)24(30)22-16-21(22)19-8-4-2-5-9-19/h2-11,17,21-22H,12-16H2,1H3. The average molecular weight is 415 g/mol. The fourth-order valence-electron chi connectivity index (χ4n) is 4.52. The minimum atomic E-state index is -0.0136. The van der Waals surface area contributed by atoms with Crippen LogP contribution in [0.15, 0.2) is 66.9 Å². The summed E-state index contributed by atoms with van der Waals surface area (Å²) in [6.45, 7) is 4.22. The summed E-state index contributed by atoms with van der Waals surface area (Å²) < 4.78 is 1.80. The Labute approximate surface area is 182 Å². The van der Waals surface area contributed by atoms with Gasteiger partial charge >= 0.3 is 0 Å². The molecule has 0 radical (unpaired) electrons. The average Bonchev–Trinajstić information content (AvgIpc) is 3.54. The van der Waals surface area contributed by atoms with Crippen LogP contribution in [-0.2, 0) is 4.79 Å². The summed E-state index contributed by atoms with van der Waals surface area (Å²) in [5.74, 6) is 0.658. The fraction of sp³-hybridized carbons (Fsp3) is 0.320. The van der Waals surface area contributed by atoms with Crippen molar-refractivity contribution in [1.29, 1.82) is 0 Å². The Hall–Kier alpha value is -3.41. The van der Waals surface area contributed by atoms with Gasteiger partial charge in [-0.15, -0.1) is 0 Å². The van der Waals surface area contributed by atoms with Gasteiger partial charge in [-0.25, -0.2) is 4.68 Å². The number of benzene rings is 2. The number of carbonyl (C=O) groups excluding carboxylic acids is 2. The van der Waals surface area contributed by atoms with E-state index in [4.69, 9.17) is 0 Å². The van der Waals surface area contributed by atoms with E-state index >= 15 is 0 Å². The number of amides is 2. The predicted molar refractivity (Wildman–Crippen MR) is 118 cm³/mol. The quantitative estimate of drug-likeness (QED) is 0.658. The summed E-state index contributed by atoms with van der Waals surface area (Å²) in [5, 5.41) is 4.42. The Bertz CT molecular complexity index is 1090. The molecule has 2 heterocycles. The van der Waals surface area contributed by atoms with Crippen LogP contribution in [0.1, 0.15) is 34.0 Å². The van der Waals surface area contributed by atoms with Crippen molar-refractivity contribution in [3.8, 4) is 5.69 Å². The first-order chi connectivity index (χ1) is 15.1. The van der Waals surface area contributed by atoms with Gasteiger partial charge in [-0.05, 0) is 37.0 Å². The van der Waals surface area contributed by atoms with Crippen molar-refractivity contribution < 1.29 is 9.59 Å². The first kappa shape index (κ1) is 19.5. The molecule has 6 nitrogen and oxygen atoms in total. The van der Waals surface area contributed by atoms with Crippen molar-refractivity contribution in [3.63, 3.8) is 0 Å². The molecule has 31 heavy (non-hydrogen) atoms. The third-order valence-corrected chi connectivity index (χ3v) is 6.45. The zero-order valence-electron chi connectivity index (χ0n) is 17.6. The van der Waals surface area contributed by atoms with E-state index in [-0.39, 0.29) is 17.7 Å². The van der Waals surface area contributed by atoms with Gasteiger partial charge in [0.1, 0.15) is 0 Å². The smallest absolute Gasteiger partial charge is 0.257 e. The summed E-state index contributed by atoms with van der Waals surface area (Å²) in [4.78, 5) is 29.8. The van der Waals surface area contributed by atoms with E-state index in [2.05, 4.69) is 17.2 Å². The maximum absolute atomic E-state index is 13.1. The fourth-order valence-corrected chi connectivity index (χ4v) is 4.52. The Kier molecular flexibility index (Phi) is 5.06. The Morgan fingerprint density at radius 3 is 2.16 bits per heavy atom. The van der Waals surface area contributed by atoms with Gasteiger partial charge in [0, 0.05) is 32.1 Å². The van der Waals surface area contributed by atoms with Crippen LogP contribution in [-0.4, -0.2) is 57.6 Å². The van der Waals surface area contributed by atoms with Crippen molar-refractivity contribution in [3.05, 3.63) is 83.7 Å². The van der Waals surface area contributed by atoms with Gasteiger partial charge < -0.3 is 9.80 Å². The van der Waals surface area contributed by atoms with E-state index in [0.717, 1.165) is 17.8 Å². The molecule has 2 aromatic carbocycles. The van der Waals surface area contributed by atoms with Crippen molar-refractivity contribution in [2.75, 3.05) is 26.2 Å². The molecule has 0 bridgehead atoms. The molecule has 2 amide bonds. The summed E-state index contributed by atoms with van der Waals surface area (Å²) in [6, 6.07) is 20.1. The lowest BCUT2D eigenvalue weighted by Gasteiger charge is -2.35. The van der Waals surface area contributed by atoms with E-state index < -0.39 is 0 Å². The summed E-state index contributed by atoms with van der Waals surface area (Å²) in [7, 11) is 0. The number of para-hydroxylation sites is 1. The van der Waals surface area contributed by atoms with Crippen LogP contribution in [0.2, 0.25) is 0 Å². The molecular formula is C25H26N4O2. The molecule has 1 saturated carbocycles. The molecule has 1 aliphatic heterocycles. The van der Waals surface area contributed by atoms with Crippen LogP contribution >= 0.6 is 0 Å². The van der Waals surface area contributed by atoms with Gasteiger partial charge in [0.2, 0.25) is 5.91 Å². The maximum Gasteiger partial charge on any atom is 0.257 e. The molecule has 158 valence electrons. The second-order valence-electron chi connectivity index (χ2n) is 8.37. The lowest BCUT2D eigenvalue weighted by atomic mass is 10.1. The molecule has 3 aromatic rings. The molecule has 6 heteroatoms. The summed E-state index contributed by atoms with van der Waals surface area (Å²) >= 11 is 0. The lowest BCUT2D eigenvalue weighted by Crippen LogP contribution is -2.51. The summed E-state index contributed by atoms with van der Waals surface area (Å²) in [5.41, 5.74) is 3.64. The van der Waals surface area contributed by atoms with E-state index in [1.807, 2.05) is 65.3 Å². The minimum Gasteiger partial charge on any atom is -0.339 e. The Balaban J connectivity index is 1.20. The monoisotopic (exact) mass is 414 g/mol. The summed E-state index contributed by atoms with van der Waals surface area (Å²) in [6.07, 6.45) is 2.58. The van der Waals surface area contributed by atoms with Crippen molar-refractivity contribution >= 4 is 11.8 Å². The molecule has 1 aromatic heterocycles. The number of aromatic nitrogens is 2. The second kappa shape index (κ2) is 8.02. The van der Waals surface area contributed by atoms with Gasteiger partial charge in [0.05, 0.1) is 23.1 Å². The molecule has 5 rings (SSSR count). The second-order valence-corrected chi connectivity index (χ2v) is 8.37. The largest absolute Gasteiger partial charge is 0.339 e. The third-order valence-electron chi connectivity index (χ3n) is 6.45. The molecule has 0 spiro atoms. The number of nitrogens with zero attached hydrogens (tertiary/aromatic N) is 4. The van der Waals surface area contributed by atoms with Gasteiger partial charge in [-0.3, -0.25) is 9.59 Å². The van der Waals surface area contributed by atoms with E-state index in [9.17, 15) is 9.59 Å². The van der Waals surface area contributed by atoms with Crippen LogP contribution < -0.4 is 0 Å². The van der Waals surface area contributed by atoms with E-state index in [0.29, 0.717) is 37.7 Å². The van der Waals surface area contributed by atoms with Crippen LogP contribution in [0.3, 0.4) is 0 Å². The lowest BCUT2D eigenvalue weighted by molar-refractivity contribution is -0.134. The van der Waals surface area contributed by atoms with E-state index in [1.165, 1.54) is 5.56 Å². The van der Waals surface area contributed by atoms with Gasteiger partial charge in [0.25, 0.3) is 5.91 Å². The maximum atomic E-state index is 13.1. The number of piperazine rings is 1. The third kappa shape index (κ3) is 3.74. The highest BCUT2D eigenvalue weighted by Gasteiger charge is 2.46. The molecule has 2 unspecified atom stereocenters. The van der Waals surface area contributed by atoms with Crippen molar-refractivity contribution in [2.45, 2.75) is 19.3 Å². The molecule has 2 aliphatic rings. The zero-order chi connectivity index (χ0) is 21.4. The zero-order valence-corrected chi connectivity index (χ0v) is 17.6. The van der Waals surface area contributed by atoms with Gasteiger partial charge in [0.15, 0.2) is 0 Å². The van der Waals surface area contributed by atoms with E-state index in [1.54, 1.807) is 10.9 Å². The van der Waals surface area contributed by atoms with Gasteiger partial charge in [-0.2, -0.15) is 5.10 Å². The Morgan fingerprint density at radius 2 is 1.48 bits per heavy atom. The van der Waals surface area contributed by atoms with Crippen LogP contribution in [0, 0.1) is 12.8 Å². The number of carbonyl (C=O) groups is 2.